The Labute approximate surface area is 76.2 Å². The minimum atomic E-state index is -3.07. The lowest BCUT2D eigenvalue weighted by Gasteiger charge is -2.27. The van der Waals surface area contributed by atoms with Crippen LogP contribution in [0.15, 0.2) is 0 Å². The van der Waals surface area contributed by atoms with E-state index in [1.165, 1.54) is 0 Å². The van der Waals surface area contributed by atoms with Crippen LogP contribution in [0.4, 0.5) is 8.78 Å². The molecular formula is C7H13F2NO2S. The molecule has 1 heterocycles. The summed E-state index contributed by atoms with van der Waals surface area (Å²) in [6.45, 7) is 0. The van der Waals surface area contributed by atoms with E-state index in [9.17, 15) is 17.2 Å². The summed E-state index contributed by atoms with van der Waals surface area (Å²) in [5.74, 6) is -0.494. The average molecular weight is 213 g/mol. The van der Waals surface area contributed by atoms with Crippen LogP contribution < -0.4 is 5.73 Å². The second-order valence-electron chi connectivity index (χ2n) is 3.45. The van der Waals surface area contributed by atoms with Crippen molar-refractivity contribution in [3.8, 4) is 0 Å². The van der Waals surface area contributed by atoms with Crippen molar-refractivity contribution >= 4 is 9.84 Å². The highest BCUT2D eigenvalue weighted by atomic mass is 32.2. The topological polar surface area (TPSA) is 60.2 Å². The Morgan fingerprint density at radius 1 is 1.46 bits per heavy atom. The van der Waals surface area contributed by atoms with Crippen molar-refractivity contribution in [3.63, 3.8) is 0 Å². The van der Waals surface area contributed by atoms with Crippen molar-refractivity contribution in [2.75, 3.05) is 11.5 Å². The molecule has 1 aliphatic rings. The van der Waals surface area contributed by atoms with Gasteiger partial charge >= 0.3 is 0 Å². The summed E-state index contributed by atoms with van der Waals surface area (Å²) < 4.78 is 46.0. The summed E-state index contributed by atoms with van der Waals surface area (Å²) in [5, 5.41) is 0. The molecule has 0 aromatic rings. The predicted molar refractivity (Wildman–Crippen MR) is 45.4 cm³/mol. The number of halogens is 2. The zero-order chi connectivity index (χ0) is 10.1. The lowest BCUT2D eigenvalue weighted by Crippen LogP contribution is -2.43. The Morgan fingerprint density at radius 2 is 2.08 bits per heavy atom. The number of hydrogen-bond acceptors (Lipinski definition) is 3. The lowest BCUT2D eigenvalue weighted by molar-refractivity contribution is 0.107. The van der Waals surface area contributed by atoms with E-state index in [2.05, 4.69) is 0 Å². The van der Waals surface area contributed by atoms with Crippen LogP contribution in [-0.2, 0) is 9.84 Å². The fourth-order valence-electron chi connectivity index (χ4n) is 1.58. The monoisotopic (exact) mass is 213 g/mol. The summed E-state index contributed by atoms with van der Waals surface area (Å²) >= 11 is 0. The van der Waals surface area contributed by atoms with Crippen LogP contribution >= 0.6 is 0 Å². The summed E-state index contributed by atoms with van der Waals surface area (Å²) in [4.78, 5) is 0. The smallest absolute Gasteiger partial charge is 0.239 e. The van der Waals surface area contributed by atoms with Gasteiger partial charge in [0.25, 0.3) is 0 Å². The third kappa shape index (κ3) is 3.19. The second-order valence-corrected chi connectivity index (χ2v) is 5.68. The fraction of sp³-hybridized carbons (Fsp3) is 1.00. The van der Waals surface area contributed by atoms with Gasteiger partial charge in [0.15, 0.2) is 9.84 Å². The Bertz CT molecular complexity index is 266. The van der Waals surface area contributed by atoms with Gasteiger partial charge in [0, 0.05) is 12.5 Å². The molecule has 1 aliphatic heterocycles. The molecule has 2 atom stereocenters. The standard InChI is InChI=1S/C7H13F2NO2S/c8-7(9)3-5-1-2-13(11,12)4-6(5)10/h5-7H,1-4,10H2. The number of alkyl halides is 2. The van der Waals surface area contributed by atoms with Gasteiger partial charge in [-0.3, -0.25) is 0 Å². The average Bonchev–Trinajstić information content (AvgIpc) is 1.93. The van der Waals surface area contributed by atoms with Gasteiger partial charge in [-0.25, -0.2) is 17.2 Å². The minimum absolute atomic E-state index is 0.00190. The van der Waals surface area contributed by atoms with Crippen molar-refractivity contribution in [2.24, 2.45) is 11.7 Å². The molecule has 6 heteroatoms. The summed E-state index contributed by atoms with van der Waals surface area (Å²) in [6, 6.07) is -0.618. The van der Waals surface area contributed by atoms with Gasteiger partial charge in [-0.2, -0.15) is 0 Å². The maximum absolute atomic E-state index is 12.0. The predicted octanol–water partition coefficient (Wildman–Crippen LogP) is 0.404. The first kappa shape index (κ1) is 10.8. The van der Waals surface area contributed by atoms with E-state index in [-0.39, 0.29) is 30.3 Å². The van der Waals surface area contributed by atoms with E-state index in [0.717, 1.165) is 0 Å². The van der Waals surface area contributed by atoms with Crippen LogP contribution in [0.1, 0.15) is 12.8 Å². The molecule has 3 nitrogen and oxygen atoms in total. The quantitative estimate of drug-likeness (QED) is 0.722. The summed E-state index contributed by atoms with van der Waals surface area (Å²) in [5.41, 5.74) is 5.49. The molecule has 0 spiro atoms. The van der Waals surface area contributed by atoms with Crippen LogP contribution in [0.2, 0.25) is 0 Å². The van der Waals surface area contributed by atoms with Crippen molar-refractivity contribution in [2.45, 2.75) is 25.3 Å². The molecule has 78 valence electrons. The van der Waals surface area contributed by atoms with Crippen LogP contribution in [0.25, 0.3) is 0 Å². The molecule has 2 N–H and O–H groups in total. The highest BCUT2D eigenvalue weighted by molar-refractivity contribution is 7.91. The SMILES string of the molecule is NC1CS(=O)(=O)CCC1CC(F)F. The normalized spacial score (nSPS) is 33.5. The Kier molecular flexibility index (Phi) is 3.23. The Hall–Kier alpha value is -0.230. The molecule has 2 unspecified atom stereocenters. The van der Waals surface area contributed by atoms with Gasteiger partial charge in [0.2, 0.25) is 6.43 Å². The molecular weight excluding hydrogens is 200 g/mol. The van der Waals surface area contributed by atoms with Gasteiger partial charge in [-0.05, 0) is 12.3 Å². The molecule has 1 rings (SSSR count). The maximum atomic E-state index is 12.0. The minimum Gasteiger partial charge on any atom is -0.327 e. The van der Waals surface area contributed by atoms with Crippen molar-refractivity contribution in [1.29, 1.82) is 0 Å². The van der Waals surface area contributed by atoms with Gasteiger partial charge in [-0.1, -0.05) is 0 Å². The van der Waals surface area contributed by atoms with Gasteiger partial charge in [0.05, 0.1) is 11.5 Å². The zero-order valence-corrected chi connectivity index (χ0v) is 7.93. The molecule has 0 aromatic heterocycles. The van der Waals surface area contributed by atoms with Crippen LogP contribution in [0.5, 0.6) is 0 Å². The van der Waals surface area contributed by atoms with E-state index in [1.54, 1.807) is 0 Å². The largest absolute Gasteiger partial charge is 0.327 e. The third-order valence-corrected chi connectivity index (χ3v) is 4.08. The molecule has 0 aromatic carbocycles. The highest BCUT2D eigenvalue weighted by Gasteiger charge is 2.32. The molecule has 0 radical (unpaired) electrons. The Morgan fingerprint density at radius 3 is 2.54 bits per heavy atom. The van der Waals surface area contributed by atoms with Crippen molar-refractivity contribution in [3.05, 3.63) is 0 Å². The van der Waals surface area contributed by atoms with E-state index in [4.69, 9.17) is 5.73 Å². The molecule has 0 amide bonds. The summed E-state index contributed by atoms with van der Waals surface area (Å²) in [6.07, 6.45) is -2.40. The van der Waals surface area contributed by atoms with Crippen molar-refractivity contribution < 1.29 is 17.2 Å². The molecule has 1 saturated heterocycles. The maximum Gasteiger partial charge on any atom is 0.239 e. The van der Waals surface area contributed by atoms with Crippen LogP contribution in [-0.4, -0.2) is 32.4 Å². The van der Waals surface area contributed by atoms with Crippen LogP contribution in [0.3, 0.4) is 0 Å². The van der Waals surface area contributed by atoms with Crippen molar-refractivity contribution in [1.82, 2.24) is 0 Å². The van der Waals surface area contributed by atoms with E-state index in [1.807, 2.05) is 0 Å². The summed E-state index contributed by atoms with van der Waals surface area (Å²) in [7, 11) is -3.07. The first-order valence-corrected chi connectivity index (χ1v) is 5.97. The van der Waals surface area contributed by atoms with E-state index in [0.29, 0.717) is 0 Å². The lowest BCUT2D eigenvalue weighted by atomic mass is 9.95. The first-order valence-electron chi connectivity index (χ1n) is 4.15. The number of rotatable bonds is 2. The first-order chi connectivity index (χ1) is 5.91. The van der Waals surface area contributed by atoms with Gasteiger partial charge < -0.3 is 5.73 Å². The van der Waals surface area contributed by atoms with E-state index >= 15 is 0 Å². The van der Waals surface area contributed by atoms with E-state index < -0.39 is 22.3 Å². The molecule has 1 fully saturated rings. The second kappa shape index (κ2) is 3.88. The number of nitrogens with two attached hydrogens (primary N) is 1. The number of sulfone groups is 1. The molecule has 13 heavy (non-hydrogen) atoms. The zero-order valence-electron chi connectivity index (χ0n) is 7.12. The van der Waals surface area contributed by atoms with Gasteiger partial charge in [-0.15, -0.1) is 0 Å². The van der Waals surface area contributed by atoms with Gasteiger partial charge in [0.1, 0.15) is 0 Å². The van der Waals surface area contributed by atoms with Crippen LogP contribution in [0, 0.1) is 5.92 Å². The molecule has 0 saturated carbocycles. The third-order valence-electron chi connectivity index (χ3n) is 2.33. The molecule has 0 bridgehead atoms. The number of hydrogen-bond donors (Lipinski definition) is 1. The molecule has 0 aliphatic carbocycles. The highest BCUT2D eigenvalue weighted by Crippen LogP contribution is 2.23. The Balaban J connectivity index is 2.54. The fourth-order valence-corrected chi connectivity index (χ4v) is 3.27.